The van der Waals surface area contributed by atoms with Crippen molar-refractivity contribution in [3.05, 3.63) is 64.4 Å². The predicted molar refractivity (Wildman–Crippen MR) is 119 cm³/mol. The number of carboxylic acids is 1. The van der Waals surface area contributed by atoms with Crippen LogP contribution >= 0.6 is 0 Å². The standard InChI is InChI=1S/C24H34N2O4/c1-5-7-8-17-25-18-20(26(16-6-2)23(25)29)11-9-10-19-12-14-21(15-13-19)30-24(3,4)22(27)28/h7-8,12-15,18H,5-6,9-11,16-17H2,1-4H3,(H,27,28)/b8-7+. The van der Waals surface area contributed by atoms with E-state index in [-0.39, 0.29) is 5.69 Å². The van der Waals surface area contributed by atoms with Crippen LogP contribution in [0.4, 0.5) is 0 Å². The van der Waals surface area contributed by atoms with E-state index in [0.29, 0.717) is 12.3 Å². The molecule has 0 spiro atoms. The van der Waals surface area contributed by atoms with Crippen LogP contribution in [-0.2, 0) is 30.7 Å². The topological polar surface area (TPSA) is 73.5 Å². The Labute approximate surface area is 178 Å². The molecule has 164 valence electrons. The summed E-state index contributed by atoms with van der Waals surface area (Å²) in [6.07, 6.45) is 10.6. The van der Waals surface area contributed by atoms with Crippen molar-refractivity contribution in [2.75, 3.05) is 0 Å². The van der Waals surface area contributed by atoms with Crippen molar-refractivity contribution in [1.29, 1.82) is 0 Å². The van der Waals surface area contributed by atoms with Gasteiger partial charge in [-0.15, -0.1) is 0 Å². The molecule has 0 radical (unpaired) electrons. The number of carbonyl (C=O) groups is 1. The van der Waals surface area contributed by atoms with Crippen molar-refractivity contribution in [2.24, 2.45) is 0 Å². The lowest BCUT2D eigenvalue weighted by atomic mass is 10.1. The smallest absolute Gasteiger partial charge is 0.347 e. The van der Waals surface area contributed by atoms with Crippen LogP contribution < -0.4 is 10.4 Å². The first-order valence-corrected chi connectivity index (χ1v) is 10.7. The number of hydrogen-bond donors (Lipinski definition) is 1. The van der Waals surface area contributed by atoms with Crippen LogP contribution in [0.25, 0.3) is 0 Å². The highest BCUT2D eigenvalue weighted by molar-refractivity contribution is 5.76. The van der Waals surface area contributed by atoms with Crippen LogP contribution in [0.2, 0.25) is 0 Å². The SMILES string of the molecule is CC/C=C/Cn1cc(CCCc2ccc(OC(C)(C)C(=O)O)cc2)n(CCC)c1=O. The fourth-order valence-electron chi connectivity index (χ4n) is 3.27. The lowest BCUT2D eigenvalue weighted by Gasteiger charge is -2.21. The van der Waals surface area contributed by atoms with E-state index in [1.807, 2.05) is 41.1 Å². The average Bonchev–Trinajstić information content (AvgIpc) is 2.99. The highest BCUT2D eigenvalue weighted by Gasteiger charge is 2.29. The molecule has 0 unspecified atom stereocenters. The third kappa shape index (κ3) is 6.37. The van der Waals surface area contributed by atoms with Gasteiger partial charge in [-0.1, -0.05) is 38.1 Å². The maximum Gasteiger partial charge on any atom is 0.347 e. The molecule has 6 heteroatoms. The van der Waals surface area contributed by atoms with E-state index in [4.69, 9.17) is 9.84 Å². The largest absolute Gasteiger partial charge is 0.478 e. The van der Waals surface area contributed by atoms with Gasteiger partial charge >= 0.3 is 11.7 Å². The Balaban J connectivity index is 1.99. The second-order valence-electron chi connectivity index (χ2n) is 8.00. The van der Waals surface area contributed by atoms with Crippen molar-refractivity contribution in [3.8, 4) is 5.75 Å². The summed E-state index contributed by atoms with van der Waals surface area (Å²) in [5.41, 5.74) is 1.04. The molecule has 6 nitrogen and oxygen atoms in total. The van der Waals surface area contributed by atoms with E-state index >= 15 is 0 Å². The number of nitrogens with zero attached hydrogens (tertiary/aromatic N) is 2. The molecule has 2 aromatic rings. The molecule has 0 aliphatic rings. The number of aryl methyl sites for hydroxylation is 2. The number of carboxylic acid groups (broad SMARTS) is 1. The maximum absolute atomic E-state index is 12.6. The molecule has 0 amide bonds. The number of aliphatic carboxylic acids is 1. The molecule has 1 aromatic heterocycles. The molecule has 0 saturated carbocycles. The van der Waals surface area contributed by atoms with E-state index in [0.717, 1.165) is 49.9 Å². The van der Waals surface area contributed by atoms with Gasteiger partial charge in [0.15, 0.2) is 5.60 Å². The Bertz CT molecular complexity index is 904. The summed E-state index contributed by atoms with van der Waals surface area (Å²) in [5.74, 6) is -0.457. The Morgan fingerprint density at radius 2 is 1.83 bits per heavy atom. The van der Waals surface area contributed by atoms with Crippen LogP contribution in [0, 0.1) is 0 Å². The molecular formula is C24H34N2O4. The van der Waals surface area contributed by atoms with Crippen LogP contribution in [0.15, 0.2) is 47.4 Å². The molecule has 0 bridgehead atoms. The number of rotatable bonds is 12. The third-order valence-electron chi connectivity index (χ3n) is 4.99. The second kappa shape index (κ2) is 10.9. The molecular weight excluding hydrogens is 380 g/mol. The van der Waals surface area contributed by atoms with Crippen molar-refractivity contribution in [1.82, 2.24) is 9.13 Å². The molecule has 30 heavy (non-hydrogen) atoms. The van der Waals surface area contributed by atoms with E-state index in [9.17, 15) is 9.59 Å². The number of allylic oxidation sites excluding steroid dienone is 2. The van der Waals surface area contributed by atoms with Gasteiger partial charge in [-0.25, -0.2) is 9.59 Å². The van der Waals surface area contributed by atoms with E-state index in [1.165, 1.54) is 13.8 Å². The highest BCUT2D eigenvalue weighted by atomic mass is 16.5. The maximum atomic E-state index is 12.6. The number of benzene rings is 1. The zero-order valence-corrected chi connectivity index (χ0v) is 18.6. The number of aromatic nitrogens is 2. The fraction of sp³-hybridized carbons (Fsp3) is 0.500. The minimum absolute atomic E-state index is 0.0650. The average molecular weight is 415 g/mol. The first kappa shape index (κ1) is 23.5. The second-order valence-corrected chi connectivity index (χ2v) is 8.00. The quantitative estimate of drug-likeness (QED) is 0.521. The summed E-state index contributed by atoms with van der Waals surface area (Å²) in [4.78, 5) is 23.8. The summed E-state index contributed by atoms with van der Waals surface area (Å²) in [5, 5.41) is 9.17. The summed E-state index contributed by atoms with van der Waals surface area (Å²) in [6, 6.07) is 7.55. The van der Waals surface area contributed by atoms with Gasteiger partial charge in [-0.3, -0.25) is 9.13 Å². The Kier molecular flexibility index (Phi) is 8.51. The van der Waals surface area contributed by atoms with E-state index in [1.54, 1.807) is 4.57 Å². The minimum atomic E-state index is -1.26. The van der Waals surface area contributed by atoms with Crippen molar-refractivity contribution < 1.29 is 14.6 Å². The van der Waals surface area contributed by atoms with E-state index < -0.39 is 11.6 Å². The van der Waals surface area contributed by atoms with Gasteiger partial charge in [0.25, 0.3) is 0 Å². The zero-order chi connectivity index (χ0) is 22.1. The lowest BCUT2D eigenvalue weighted by Crippen LogP contribution is -2.37. The predicted octanol–water partition coefficient (Wildman–Crippen LogP) is 4.44. The Hall–Kier alpha value is -2.76. The molecule has 0 aliphatic carbocycles. The monoisotopic (exact) mass is 414 g/mol. The summed E-state index contributed by atoms with van der Waals surface area (Å²) in [7, 11) is 0. The normalized spacial score (nSPS) is 11.9. The minimum Gasteiger partial charge on any atom is -0.478 e. The van der Waals surface area contributed by atoms with Gasteiger partial charge in [-0.05, 0) is 63.6 Å². The van der Waals surface area contributed by atoms with Crippen molar-refractivity contribution >= 4 is 5.97 Å². The molecule has 0 fully saturated rings. The van der Waals surface area contributed by atoms with Crippen molar-refractivity contribution in [2.45, 2.75) is 78.5 Å². The first-order chi connectivity index (χ1) is 14.3. The summed E-state index contributed by atoms with van der Waals surface area (Å²) < 4.78 is 9.22. The van der Waals surface area contributed by atoms with Gasteiger partial charge in [0.1, 0.15) is 5.75 Å². The van der Waals surface area contributed by atoms with Crippen LogP contribution in [0.5, 0.6) is 5.75 Å². The van der Waals surface area contributed by atoms with Crippen LogP contribution in [0.1, 0.15) is 58.2 Å². The zero-order valence-electron chi connectivity index (χ0n) is 18.6. The molecule has 1 heterocycles. The molecule has 0 saturated heterocycles. The summed E-state index contributed by atoms with van der Waals surface area (Å²) in [6.45, 7) is 8.58. The molecule has 1 N–H and O–H groups in total. The van der Waals surface area contributed by atoms with Crippen LogP contribution in [-0.4, -0.2) is 25.8 Å². The lowest BCUT2D eigenvalue weighted by molar-refractivity contribution is -0.152. The highest BCUT2D eigenvalue weighted by Crippen LogP contribution is 2.20. The van der Waals surface area contributed by atoms with Crippen molar-refractivity contribution in [3.63, 3.8) is 0 Å². The number of imidazole rings is 1. The van der Waals surface area contributed by atoms with Gasteiger partial charge in [0.2, 0.25) is 0 Å². The van der Waals surface area contributed by atoms with Crippen LogP contribution in [0.3, 0.4) is 0 Å². The molecule has 0 aliphatic heterocycles. The first-order valence-electron chi connectivity index (χ1n) is 10.7. The number of ether oxygens (including phenoxy) is 1. The Morgan fingerprint density at radius 3 is 2.43 bits per heavy atom. The van der Waals surface area contributed by atoms with Gasteiger partial charge in [0.05, 0.1) is 0 Å². The number of hydrogen-bond acceptors (Lipinski definition) is 3. The molecule has 2 rings (SSSR count). The van der Waals surface area contributed by atoms with E-state index in [2.05, 4.69) is 19.9 Å². The Morgan fingerprint density at radius 1 is 1.13 bits per heavy atom. The molecule has 0 atom stereocenters. The van der Waals surface area contributed by atoms with Gasteiger partial charge < -0.3 is 9.84 Å². The van der Waals surface area contributed by atoms with Gasteiger partial charge in [-0.2, -0.15) is 0 Å². The summed E-state index contributed by atoms with van der Waals surface area (Å²) >= 11 is 0. The fourth-order valence-corrected chi connectivity index (χ4v) is 3.27. The third-order valence-corrected chi connectivity index (χ3v) is 4.99. The molecule has 1 aromatic carbocycles. The van der Waals surface area contributed by atoms with Gasteiger partial charge in [0, 0.05) is 25.0 Å².